The number of benzene rings is 1. The van der Waals surface area contributed by atoms with Crippen LogP contribution in [0.5, 0.6) is 17.4 Å². The van der Waals surface area contributed by atoms with Crippen LogP contribution in [-0.4, -0.2) is 32.2 Å². The lowest BCUT2D eigenvalue weighted by Crippen LogP contribution is -2.29. The van der Waals surface area contributed by atoms with Crippen LogP contribution in [-0.2, 0) is 10.0 Å². The highest BCUT2D eigenvalue weighted by Gasteiger charge is 2.12. The van der Waals surface area contributed by atoms with Gasteiger partial charge in [0.25, 0.3) is 5.91 Å². The number of nitrogens with one attached hydrogen (secondary N) is 1. The molecule has 0 aliphatic heterocycles. The molecular weight excluding hydrogens is 380 g/mol. The molecule has 0 saturated heterocycles. The fourth-order valence-corrected chi connectivity index (χ4v) is 2.52. The first-order valence-electron chi connectivity index (χ1n) is 7.72. The molecule has 0 saturated carbocycles. The Hall–Kier alpha value is -2.32. The summed E-state index contributed by atoms with van der Waals surface area (Å²) in [5, 5.41) is 0.326. The van der Waals surface area contributed by atoms with Gasteiger partial charge in [0, 0.05) is 11.6 Å². The van der Waals surface area contributed by atoms with Crippen molar-refractivity contribution >= 4 is 27.5 Å². The minimum atomic E-state index is -3.61. The minimum absolute atomic E-state index is 0.191. The quantitative estimate of drug-likeness (QED) is 0.769. The molecule has 0 radical (unpaired) electrons. The van der Waals surface area contributed by atoms with Gasteiger partial charge in [0.1, 0.15) is 16.5 Å². The SMILES string of the molecule is CC(C)COc1ncc(Oc2ccc(C(=O)NS(C)(=O)=O)cc2)cc1Cl. The summed E-state index contributed by atoms with van der Waals surface area (Å²) in [6, 6.07) is 7.55. The molecule has 2 aromatic rings. The summed E-state index contributed by atoms with van der Waals surface area (Å²) in [6.45, 7) is 4.54. The summed E-state index contributed by atoms with van der Waals surface area (Å²) in [4.78, 5) is 15.9. The zero-order chi connectivity index (χ0) is 19.3. The number of carbonyl (C=O) groups is 1. The van der Waals surface area contributed by atoms with Gasteiger partial charge in [-0.3, -0.25) is 4.79 Å². The maximum absolute atomic E-state index is 11.7. The average Bonchev–Trinajstić information content (AvgIpc) is 2.53. The largest absolute Gasteiger partial charge is 0.476 e. The van der Waals surface area contributed by atoms with Gasteiger partial charge in [0.15, 0.2) is 0 Å². The molecule has 26 heavy (non-hydrogen) atoms. The predicted octanol–water partition coefficient (Wildman–Crippen LogP) is 3.25. The lowest BCUT2D eigenvalue weighted by Gasteiger charge is -2.11. The maximum Gasteiger partial charge on any atom is 0.264 e. The Balaban J connectivity index is 2.05. The van der Waals surface area contributed by atoms with E-state index in [0.29, 0.717) is 34.9 Å². The van der Waals surface area contributed by atoms with Crippen LogP contribution in [0.25, 0.3) is 0 Å². The number of aromatic nitrogens is 1. The van der Waals surface area contributed by atoms with Crippen LogP contribution in [0, 0.1) is 5.92 Å². The fraction of sp³-hybridized carbons (Fsp3) is 0.294. The summed E-state index contributed by atoms with van der Waals surface area (Å²) in [5.41, 5.74) is 0.191. The monoisotopic (exact) mass is 398 g/mol. The molecule has 1 amide bonds. The van der Waals surface area contributed by atoms with Gasteiger partial charge in [0.2, 0.25) is 15.9 Å². The number of carbonyl (C=O) groups excluding carboxylic acids is 1. The zero-order valence-corrected chi connectivity index (χ0v) is 16.1. The van der Waals surface area contributed by atoms with Gasteiger partial charge in [-0.15, -0.1) is 0 Å². The van der Waals surface area contributed by atoms with E-state index < -0.39 is 15.9 Å². The second-order valence-corrected chi connectivity index (χ2v) is 8.15. The number of hydrogen-bond donors (Lipinski definition) is 1. The Kier molecular flexibility index (Phi) is 6.44. The summed E-state index contributed by atoms with van der Waals surface area (Å²) >= 11 is 6.13. The zero-order valence-electron chi connectivity index (χ0n) is 14.5. The van der Waals surface area contributed by atoms with E-state index in [2.05, 4.69) is 4.98 Å². The molecule has 140 valence electrons. The van der Waals surface area contributed by atoms with E-state index in [0.717, 1.165) is 6.26 Å². The first kappa shape index (κ1) is 20.0. The van der Waals surface area contributed by atoms with Crippen LogP contribution in [0.4, 0.5) is 0 Å². The highest BCUT2D eigenvalue weighted by Crippen LogP contribution is 2.29. The van der Waals surface area contributed by atoms with Crippen molar-refractivity contribution in [1.82, 2.24) is 9.71 Å². The Morgan fingerprint density at radius 1 is 1.23 bits per heavy atom. The molecule has 7 nitrogen and oxygen atoms in total. The number of hydrogen-bond acceptors (Lipinski definition) is 6. The summed E-state index contributed by atoms with van der Waals surface area (Å²) in [7, 11) is -3.61. The second-order valence-electron chi connectivity index (χ2n) is 5.99. The first-order valence-corrected chi connectivity index (χ1v) is 9.99. The third-order valence-corrected chi connectivity index (χ3v) is 3.79. The van der Waals surface area contributed by atoms with Crippen LogP contribution in [0.2, 0.25) is 5.02 Å². The predicted molar refractivity (Wildman–Crippen MR) is 98.4 cm³/mol. The van der Waals surface area contributed by atoms with Gasteiger partial charge in [-0.05, 0) is 30.2 Å². The van der Waals surface area contributed by atoms with E-state index in [-0.39, 0.29) is 5.56 Å². The van der Waals surface area contributed by atoms with Crippen molar-refractivity contribution in [3.8, 4) is 17.4 Å². The summed E-state index contributed by atoms with van der Waals surface area (Å²) in [5.74, 6) is 0.813. The van der Waals surface area contributed by atoms with Gasteiger partial charge < -0.3 is 9.47 Å². The molecule has 1 aromatic carbocycles. The second kappa shape index (κ2) is 8.37. The van der Waals surface area contributed by atoms with Gasteiger partial charge >= 0.3 is 0 Å². The van der Waals surface area contributed by atoms with Gasteiger partial charge in [-0.25, -0.2) is 18.1 Å². The number of rotatable bonds is 7. The Labute approximate surface area is 157 Å². The van der Waals surface area contributed by atoms with Crippen molar-refractivity contribution in [3.63, 3.8) is 0 Å². The number of halogens is 1. The van der Waals surface area contributed by atoms with Crippen molar-refractivity contribution in [1.29, 1.82) is 0 Å². The maximum atomic E-state index is 11.7. The normalized spacial score (nSPS) is 11.3. The third kappa shape index (κ3) is 6.20. The standard InChI is InChI=1S/C17H19ClN2O5S/c1-11(2)10-24-17-15(18)8-14(9-19-17)25-13-6-4-12(5-7-13)16(21)20-26(3,22)23/h4-9,11H,10H2,1-3H3,(H,20,21). The van der Waals surface area contributed by atoms with Crippen molar-refractivity contribution in [2.45, 2.75) is 13.8 Å². The van der Waals surface area contributed by atoms with Gasteiger partial charge in [0.05, 0.1) is 19.1 Å². The van der Waals surface area contributed by atoms with Crippen molar-refractivity contribution in [2.24, 2.45) is 5.92 Å². The number of ether oxygens (including phenoxy) is 2. The number of sulfonamides is 1. The molecule has 0 aliphatic rings. The molecular formula is C17H19ClN2O5S. The topological polar surface area (TPSA) is 94.6 Å². The lowest BCUT2D eigenvalue weighted by atomic mass is 10.2. The summed E-state index contributed by atoms with van der Waals surface area (Å²) < 4.78 is 35.2. The van der Waals surface area contributed by atoms with E-state index in [1.807, 2.05) is 18.6 Å². The van der Waals surface area contributed by atoms with Crippen LogP contribution < -0.4 is 14.2 Å². The molecule has 1 heterocycles. The first-order chi connectivity index (χ1) is 12.1. The number of pyridine rings is 1. The molecule has 0 bridgehead atoms. The third-order valence-electron chi connectivity index (χ3n) is 2.97. The molecule has 1 N–H and O–H groups in total. The highest BCUT2D eigenvalue weighted by molar-refractivity contribution is 7.89. The van der Waals surface area contributed by atoms with Gasteiger partial charge in [-0.1, -0.05) is 25.4 Å². The van der Waals surface area contributed by atoms with Crippen LogP contribution in [0.1, 0.15) is 24.2 Å². The molecule has 0 atom stereocenters. The molecule has 0 spiro atoms. The Morgan fingerprint density at radius 2 is 1.88 bits per heavy atom. The van der Waals surface area contributed by atoms with E-state index in [4.69, 9.17) is 21.1 Å². The molecule has 0 fully saturated rings. The van der Waals surface area contributed by atoms with E-state index in [1.54, 1.807) is 6.07 Å². The Morgan fingerprint density at radius 3 is 2.42 bits per heavy atom. The van der Waals surface area contributed by atoms with Gasteiger partial charge in [-0.2, -0.15) is 0 Å². The molecule has 0 unspecified atom stereocenters. The average molecular weight is 399 g/mol. The van der Waals surface area contributed by atoms with E-state index in [9.17, 15) is 13.2 Å². The fourth-order valence-electron chi connectivity index (χ4n) is 1.85. The molecule has 0 aliphatic carbocycles. The summed E-state index contributed by atoms with van der Waals surface area (Å²) in [6.07, 6.45) is 2.39. The van der Waals surface area contributed by atoms with E-state index >= 15 is 0 Å². The molecule has 1 aromatic heterocycles. The van der Waals surface area contributed by atoms with Crippen LogP contribution in [0.3, 0.4) is 0 Å². The van der Waals surface area contributed by atoms with Crippen LogP contribution >= 0.6 is 11.6 Å². The molecule has 9 heteroatoms. The smallest absolute Gasteiger partial charge is 0.264 e. The van der Waals surface area contributed by atoms with Crippen molar-refractivity contribution < 1.29 is 22.7 Å². The van der Waals surface area contributed by atoms with Crippen LogP contribution in [0.15, 0.2) is 36.5 Å². The van der Waals surface area contributed by atoms with Crippen molar-refractivity contribution in [3.05, 3.63) is 47.1 Å². The Bertz CT molecular complexity index is 883. The van der Waals surface area contributed by atoms with E-state index in [1.165, 1.54) is 30.5 Å². The van der Waals surface area contributed by atoms with Crippen molar-refractivity contribution in [2.75, 3.05) is 12.9 Å². The number of amides is 1. The lowest BCUT2D eigenvalue weighted by molar-refractivity contribution is 0.0981. The number of nitrogens with zero attached hydrogens (tertiary/aromatic N) is 1. The minimum Gasteiger partial charge on any atom is -0.476 e. The highest BCUT2D eigenvalue weighted by atomic mass is 35.5. The molecule has 2 rings (SSSR count).